The molecule has 1 aliphatic heterocycles. The van der Waals surface area contributed by atoms with E-state index in [4.69, 9.17) is 0 Å². The van der Waals surface area contributed by atoms with Crippen molar-refractivity contribution in [3.8, 4) is 0 Å². The van der Waals surface area contributed by atoms with Gasteiger partial charge in [0.2, 0.25) is 0 Å². The van der Waals surface area contributed by atoms with E-state index in [1.165, 1.54) is 11.8 Å². The molecule has 0 saturated carbocycles. The molecule has 0 spiro atoms. The number of ketones is 1. The van der Waals surface area contributed by atoms with Crippen molar-refractivity contribution in [3.63, 3.8) is 0 Å². The standard InChI is InChI=1S/C20H21N3O2S/c1-3-26-20-22-18-17(19(25)23-20)15(12-9-7-11(2)8-10-12)16-13(21-18)5-4-6-14(16)24/h7-10,15H,3-6H2,1-2H3,(H2,21,22,23,25)/t15-/m0/s1. The van der Waals surface area contributed by atoms with Crippen LogP contribution in [0.4, 0.5) is 5.82 Å². The summed E-state index contributed by atoms with van der Waals surface area (Å²) in [5.41, 5.74) is 4.14. The quantitative estimate of drug-likeness (QED) is 0.638. The van der Waals surface area contributed by atoms with Crippen molar-refractivity contribution < 1.29 is 4.79 Å². The SMILES string of the molecule is CCSc1nc2c(c(=O)[nH]1)[C@@H](c1ccc(C)cc1)C1=C(CCCC1=O)N2. The minimum Gasteiger partial charge on any atom is -0.343 e. The lowest BCUT2D eigenvalue weighted by atomic mass is 9.76. The number of H-pyrrole nitrogens is 1. The highest BCUT2D eigenvalue weighted by molar-refractivity contribution is 7.99. The maximum Gasteiger partial charge on any atom is 0.257 e. The Morgan fingerprint density at radius 1 is 1.19 bits per heavy atom. The first-order valence-corrected chi connectivity index (χ1v) is 9.94. The van der Waals surface area contributed by atoms with Crippen LogP contribution in [0.1, 0.15) is 48.8 Å². The molecule has 6 heteroatoms. The zero-order chi connectivity index (χ0) is 18.3. The summed E-state index contributed by atoms with van der Waals surface area (Å²) in [6.07, 6.45) is 2.18. The van der Waals surface area contributed by atoms with Gasteiger partial charge in [-0.2, -0.15) is 0 Å². The molecule has 2 heterocycles. The number of benzene rings is 1. The summed E-state index contributed by atoms with van der Waals surface area (Å²) in [6, 6.07) is 8.06. The third-order valence-corrected chi connectivity index (χ3v) is 5.68. The molecule has 4 rings (SSSR count). The Labute approximate surface area is 156 Å². The van der Waals surface area contributed by atoms with E-state index in [0.717, 1.165) is 41.0 Å². The lowest BCUT2D eigenvalue weighted by Gasteiger charge is -2.32. The number of carbonyl (C=O) groups is 1. The topological polar surface area (TPSA) is 74.8 Å². The van der Waals surface area contributed by atoms with Gasteiger partial charge in [-0.25, -0.2) is 4.98 Å². The molecular formula is C20H21N3O2S. The van der Waals surface area contributed by atoms with Crippen LogP contribution in [0.25, 0.3) is 0 Å². The third kappa shape index (κ3) is 2.88. The van der Waals surface area contributed by atoms with Crippen LogP contribution in [-0.2, 0) is 4.79 Å². The average molecular weight is 367 g/mol. The van der Waals surface area contributed by atoms with Gasteiger partial charge in [-0.3, -0.25) is 9.59 Å². The van der Waals surface area contributed by atoms with E-state index < -0.39 is 0 Å². The Kier molecular flexibility index (Phi) is 4.44. The van der Waals surface area contributed by atoms with E-state index in [9.17, 15) is 9.59 Å². The van der Waals surface area contributed by atoms with Crippen molar-refractivity contribution in [2.45, 2.75) is 44.2 Å². The number of aromatic amines is 1. The van der Waals surface area contributed by atoms with Gasteiger partial charge in [-0.15, -0.1) is 0 Å². The zero-order valence-electron chi connectivity index (χ0n) is 14.9. The first-order valence-electron chi connectivity index (χ1n) is 8.95. The fraction of sp³-hybridized carbons (Fsp3) is 0.350. The number of thioether (sulfide) groups is 1. The Hall–Kier alpha value is -2.34. The lowest BCUT2D eigenvalue weighted by molar-refractivity contribution is -0.116. The average Bonchev–Trinajstić information content (AvgIpc) is 2.61. The molecule has 5 nitrogen and oxygen atoms in total. The van der Waals surface area contributed by atoms with Gasteiger partial charge in [0, 0.05) is 23.6 Å². The Morgan fingerprint density at radius 2 is 1.96 bits per heavy atom. The second kappa shape index (κ2) is 6.76. The molecule has 1 aromatic heterocycles. The number of aromatic nitrogens is 2. The molecule has 0 radical (unpaired) electrons. The Bertz CT molecular complexity index is 960. The zero-order valence-corrected chi connectivity index (χ0v) is 15.7. The van der Waals surface area contributed by atoms with Gasteiger partial charge in [0.1, 0.15) is 5.82 Å². The predicted octanol–water partition coefficient (Wildman–Crippen LogP) is 3.75. The minimum absolute atomic E-state index is 0.126. The molecule has 134 valence electrons. The number of hydrogen-bond donors (Lipinski definition) is 2. The molecular weight excluding hydrogens is 346 g/mol. The number of Topliss-reactive ketones (excluding diaryl/α,β-unsaturated/α-hetero) is 1. The number of fused-ring (bicyclic) bond motifs is 1. The van der Waals surface area contributed by atoms with Crippen LogP contribution in [0.15, 0.2) is 45.5 Å². The number of hydrogen-bond acceptors (Lipinski definition) is 5. The largest absolute Gasteiger partial charge is 0.343 e. The number of nitrogens with zero attached hydrogens (tertiary/aromatic N) is 1. The van der Waals surface area contributed by atoms with Crippen LogP contribution in [0.3, 0.4) is 0 Å². The molecule has 2 aliphatic rings. The van der Waals surface area contributed by atoms with E-state index in [-0.39, 0.29) is 17.3 Å². The van der Waals surface area contributed by atoms with Gasteiger partial charge in [0.05, 0.1) is 5.56 Å². The number of carbonyl (C=O) groups excluding carboxylic acids is 1. The van der Waals surface area contributed by atoms with Crippen molar-refractivity contribution in [2.24, 2.45) is 0 Å². The van der Waals surface area contributed by atoms with Crippen LogP contribution in [-0.4, -0.2) is 21.5 Å². The van der Waals surface area contributed by atoms with Crippen LogP contribution < -0.4 is 10.9 Å². The summed E-state index contributed by atoms with van der Waals surface area (Å²) in [7, 11) is 0. The molecule has 1 aliphatic carbocycles. The van der Waals surface area contributed by atoms with Crippen LogP contribution in [0.2, 0.25) is 0 Å². The molecule has 0 saturated heterocycles. The third-order valence-electron chi connectivity index (χ3n) is 4.93. The van der Waals surface area contributed by atoms with E-state index >= 15 is 0 Å². The number of aryl methyl sites for hydroxylation is 1. The molecule has 2 aromatic rings. The number of rotatable bonds is 3. The summed E-state index contributed by atoms with van der Waals surface area (Å²) < 4.78 is 0. The fourth-order valence-corrected chi connectivity index (χ4v) is 4.33. The summed E-state index contributed by atoms with van der Waals surface area (Å²) in [4.78, 5) is 33.1. The van der Waals surface area contributed by atoms with E-state index in [1.807, 2.05) is 38.1 Å². The molecule has 26 heavy (non-hydrogen) atoms. The van der Waals surface area contributed by atoms with E-state index in [1.54, 1.807) is 0 Å². The highest BCUT2D eigenvalue weighted by Gasteiger charge is 2.37. The normalized spacial score (nSPS) is 19.0. The highest BCUT2D eigenvalue weighted by Crippen LogP contribution is 2.43. The Balaban J connectivity index is 1.94. The van der Waals surface area contributed by atoms with E-state index in [2.05, 4.69) is 15.3 Å². The lowest BCUT2D eigenvalue weighted by Crippen LogP contribution is -2.32. The highest BCUT2D eigenvalue weighted by atomic mass is 32.2. The summed E-state index contributed by atoms with van der Waals surface area (Å²) >= 11 is 1.50. The fourth-order valence-electron chi connectivity index (χ4n) is 3.74. The van der Waals surface area contributed by atoms with Crippen molar-refractivity contribution >= 4 is 23.4 Å². The van der Waals surface area contributed by atoms with Crippen molar-refractivity contribution in [2.75, 3.05) is 11.1 Å². The molecule has 0 bridgehead atoms. The molecule has 0 unspecified atom stereocenters. The minimum atomic E-state index is -0.355. The smallest absolute Gasteiger partial charge is 0.257 e. The molecule has 1 aromatic carbocycles. The van der Waals surface area contributed by atoms with Crippen molar-refractivity contribution in [1.29, 1.82) is 0 Å². The summed E-state index contributed by atoms with van der Waals surface area (Å²) in [6.45, 7) is 4.05. The number of allylic oxidation sites excluding steroid dienone is 2. The summed E-state index contributed by atoms with van der Waals surface area (Å²) in [5.74, 6) is 1.19. The molecule has 0 fully saturated rings. The monoisotopic (exact) mass is 367 g/mol. The van der Waals surface area contributed by atoms with Gasteiger partial charge in [-0.05, 0) is 31.1 Å². The van der Waals surface area contributed by atoms with E-state index in [0.29, 0.717) is 23.0 Å². The first-order chi connectivity index (χ1) is 12.6. The first kappa shape index (κ1) is 17.1. The maximum atomic E-state index is 12.9. The van der Waals surface area contributed by atoms with Gasteiger partial charge in [0.25, 0.3) is 5.56 Å². The van der Waals surface area contributed by atoms with Crippen molar-refractivity contribution in [1.82, 2.24) is 9.97 Å². The maximum absolute atomic E-state index is 12.9. The van der Waals surface area contributed by atoms with Crippen molar-refractivity contribution in [3.05, 3.63) is 62.6 Å². The number of nitrogens with one attached hydrogen (secondary N) is 2. The Morgan fingerprint density at radius 3 is 2.69 bits per heavy atom. The number of anilines is 1. The molecule has 1 atom stereocenters. The van der Waals surface area contributed by atoms with Gasteiger partial charge < -0.3 is 10.3 Å². The van der Waals surface area contributed by atoms with Gasteiger partial charge in [0.15, 0.2) is 10.9 Å². The second-order valence-corrected chi connectivity index (χ2v) is 7.96. The van der Waals surface area contributed by atoms with Crippen LogP contribution >= 0.6 is 11.8 Å². The summed E-state index contributed by atoms with van der Waals surface area (Å²) in [5, 5.41) is 3.90. The predicted molar refractivity (Wildman–Crippen MR) is 104 cm³/mol. The molecule has 2 N–H and O–H groups in total. The van der Waals surface area contributed by atoms with Crippen LogP contribution in [0, 0.1) is 6.92 Å². The van der Waals surface area contributed by atoms with Gasteiger partial charge >= 0.3 is 0 Å². The van der Waals surface area contributed by atoms with Crippen LogP contribution in [0.5, 0.6) is 0 Å². The second-order valence-electron chi connectivity index (χ2n) is 6.70. The van der Waals surface area contributed by atoms with Gasteiger partial charge in [-0.1, -0.05) is 48.5 Å². The molecule has 0 amide bonds.